The van der Waals surface area contributed by atoms with Crippen LogP contribution in [-0.4, -0.2) is 71.2 Å². The summed E-state index contributed by atoms with van der Waals surface area (Å²) in [6.45, 7) is 0. The summed E-state index contributed by atoms with van der Waals surface area (Å²) in [5, 5.41) is 1.10. The number of hydrogen-bond donors (Lipinski definition) is 0. The summed E-state index contributed by atoms with van der Waals surface area (Å²) in [5.74, 6) is 0.712. The Morgan fingerprint density at radius 1 is 0.676 bits per heavy atom. The zero-order valence-electron chi connectivity index (χ0n) is 19.5. The molecule has 0 N–H and O–H groups in total. The molecule has 0 saturated carbocycles. The molecule has 1 heterocycles. The first-order chi connectivity index (χ1) is 15.6. The van der Waals surface area contributed by atoms with Crippen molar-refractivity contribution in [1.29, 1.82) is 0 Å². The molecule has 0 spiro atoms. The molecule has 34 heavy (non-hydrogen) atoms. The van der Waals surface area contributed by atoms with Gasteiger partial charge in [0.05, 0.1) is 0 Å². The van der Waals surface area contributed by atoms with Gasteiger partial charge in [0.15, 0.2) is 5.05 Å². The third-order valence-corrected chi connectivity index (χ3v) is 6.18. The van der Waals surface area contributed by atoms with Crippen LogP contribution in [0.1, 0.15) is 22.3 Å². The second-order valence-corrected chi connectivity index (χ2v) is 8.37. The average Bonchev–Trinajstić information content (AvgIpc) is 2.84. The molecule has 0 saturated heterocycles. The van der Waals surface area contributed by atoms with Gasteiger partial charge >= 0.3 is 0 Å². The molecule has 2 radical (unpaired) electrons. The van der Waals surface area contributed by atoms with Crippen molar-refractivity contribution in [3.63, 3.8) is 0 Å². The molecule has 5 rings (SSSR count). The van der Waals surface area contributed by atoms with Gasteiger partial charge < -0.3 is 9.64 Å². The van der Waals surface area contributed by atoms with Crippen molar-refractivity contribution in [3.05, 3.63) is 130 Å². The van der Waals surface area contributed by atoms with Crippen molar-refractivity contribution < 1.29 is 4.74 Å². The molecule has 0 atom stereocenters. The van der Waals surface area contributed by atoms with E-state index in [-0.39, 0.29) is 59.1 Å². The Labute approximate surface area is 255 Å². The van der Waals surface area contributed by atoms with Crippen molar-refractivity contribution in [2.75, 3.05) is 11.9 Å². The third-order valence-electron chi connectivity index (χ3n) is 5.61. The molecule has 0 aromatic heterocycles. The molecule has 4 aromatic carbocycles. The fourth-order valence-corrected chi connectivity index (χ4v) is 4.40. The molecule has 0 unspecified atom stereocenters. The van der Waals surface area contributed by atoms with Crippen LogP contribution in [0.25, 0.3) is 11.3 Å². The largest absolute Gasteiger partial charge is 0.444 e. The number of halogens is 1. The second kappa shape index (κ2) is 12.0. The standard InChI is InChI=1S/C28H20ClNOS.2Na/c1-30-24-13-7-5-11-22(24)26(23-12-6-8-14-25(23)30)27(19-15-17-21(29)18-16-19)31-28(32)20-9-3-2-4-10-20;;/h2-18H,1H3;;. The molecule has 6 heteroatoms. The number of nitrogens with zero attached hydrogens (tertiary/aromatic N) is 1. The molecular weight excluding hydrogens is 480 g/mol. The van der Waals surface area contributed by atoms with E-state index in [1.807, 2.05) is 54.6 Å². The topological polar surface area (TPSA) is 12.5 Å². The Hall–Kier alpha value is -1.40. The monoisotopic (exact) mass is 499 g/mol. The van der Waals surface area contributed by atoms with E-state index < -0.39 is 0 Å². The minimum Gasteiger partial charge on any atom is -0.444 e. The van der Waals surface area contributed by atoms with Gasteiger partial charge in [0.1, 0.15) is 5.76 Å². The number of thiocarbonyl (C=S) groups is 1. The van der Waals surface area contributed by atoms with Gasteiger partial charge in [-0.05, 0) is 48.6 Å². The van der Waals surface area contributed by atoms with Crippen LogP contribution in [-0.2, 0) is 4.74 Å². The van der Waals surface area contributed by atoms with Gasteiger partial charge in [0, 0.05) is 110 Å². The quantitative estimate of drug-likeness (QED) is 0.172. The number of ether oxygens (including phenoxy) is 1. The summed E-state index contributed by atoms with van der Waals surface area (Å²) < 4.78 is 6.50. The van der Waals surface area contributed by atoms with Gasteiger partial charge in [0.25, 0.3) is 0 Å². The molecule has 1 aliphatic rings. The predicted octanol–water partition coefficient (Wildman–Crippen LogP) is 6.97. The van der Waals surface area contributed by atoms with Crippen LogP contribution in [0.2, 0.25) is 5.02 Å². The van der Waals surface area contributed by atoms with Crippen molar-refractivity contribution >= 4 is 111 Å². The van der Waals surface area contributed by atoms with E-state index in [2.05, 4.69) is 60.5 Å². The Bertz CT molecular complexity index is 1290. The van der Waals surface area contributed by atoms with Crippen LogP contribution < -0.4 is 4.90 Å². The zero-order valence-corrected chi connectivity index (χ0v) is 25.0. The van der Waals surface area contributed by atoms with Crippen molar-refractivity contribution in [2.24, 2.45) is 0 Å². The maximum atomic E-state index is 6.50. The van der Waals surface area contributed by atoms with Gasteiger partial charge in [0.2, 0.25) is 0 Å². The van der Waals surface area contributed by atoms with Gasteiger partial charge in [-0.3, -0.25) is 0 Å². The molecule has 1 aliphatic heterocycles. The van der Waals surface area contributed by atoms with Crippen LogP contribution in [0, 0.1) is 0 Å². The van der Waals surface area contributed by atoms with E-state index >= 15 is 0 Å². The number of hydrogen-bond acceptors (Lipinski definition) is 3. The van der Waals surface area contributed by atoms with Crippen molar-refractivity contribution in [3.8, 4) is 0 Å². The first-order valence-corrected chi connectivity index (χ1v) is 11.1. The maximum Gasteiger partial charge on any atom is 0.198 e. The van der Waals surface area contributed by atoms with Crippen LogP contribution in [0.4, 0.5) is 11.4 Å². The number of anilines is 2. The Balaban J connectivity index is 0.00000162. The molecule has 2 nitrogen and oxygen atoms in total. The van der Waals surface area contributed by atoms with Crippen LogP contribution in [0.3, 0.4) is 0 Å². The van der Waals surface area contributed by atoms with Crippen molar-refractivity contribution in [2.45, 2.75) is 0 Å². The third kappa shape index (κ3) is 5.38. The Morgan fingerprint density at radius 3 is 1.74 bits per heavy atom. The maximum absolute atomic E-state index is 6.50. The van der Waals surface area contributed by atoms with Crippen LogP contribution in [0.5, 0.6) is 0 Å². The van der Waals surface area contributed by atoms with Gasteiger partial charge in [-0.15, -0.1) is 0 Å². The average molecular weight is 500 g/mol. The summed E-state index contributed by atoms with van der Waals surface area (Å²) in [4.78, 5) is 2.21. The van der Waals surface area contributed by atoms with Gasteiger partial charge in [-0.1, -0.05) is 78.3 Å². The first-order valence-electron chi connectivity index (χ1n) is 10.3. The normalized spacial score (nSPS) is 11.4. The van der Waals surface area contributed by atoms with Gasteiger partial charge in [-0.2, -0.15) is 0 Å². The molecule has 0 amide bonds. The van der Waals surface area contributed by atoms with E-state index in [4.69, 9.17) is 28.6 Å². The van der Waals surface area contributed by atoms with Crippen LogP contribution >= 0.6 is 23.8 Å². The molecule has 0 bridgehead atoms. The SMILES string of the molecule is CN1c2ccccc2C(=C(OC(=S)c2ccccc2)c2ccc(Cl)cc2)c2ccccc21.[Na].[Na]. The van der Waals surface area contributed by atoms with Crippen LogP contribution in [0.15, 0.2) is 103 Å². The fraction of sp³-hybridized carbons (Fsp3) is 0.0357. The smallest absolute Gasteiger partial charge is 0.198 e. The molecular formula is C28H20ClNNa2OS. The summed E-state index contributed by atoms with van der Waals surface area (Å²) in [6, 6.07) is 34.2. The Kier molecular flexibility index (Phi) is 9.62. The molecule has 0 fully saturated rings. The minimum absolute atomic E-state index is 0. The first kappa shape index (κ1) is 27.2. The van der Waals surface area contributed by atoms with E-state index in [0.29, 0.717) is 15.8 Å². The van der Waals surface area contributed by atoms with E-state index in [1.165, 1.54) is 0 Å². The summed E-state index contributed by atoms with van der Waals surface area (Å²) in [5.41, 5.74) is 7.20. The second-order valence-electron chi connectivity index (χ2n) is 7.56. The summed E-state index contributed by atoms with van der Waals surface area (Å²) in [6.07, 6.45) is 0. The number of rotatable bonds is 3. The van der Waals surface area contributed by atoms with E-state index in [0.717, 1.165) is 39.2 Å². The van der Waals surface area contributed by atoms with E-state index in [1.54, 1.807) is 0 Å². The number of fused-ring (bicyclic) bond motifs is 2. The fourth-order valence-electron chi connectivity index (χ4n) is 4.06. The zero-order chi connectivity index (χ0) is 22.1. The number of para-hydroxylation sites is 2. The van der Waals surface area contributed by atoms with E-state index in [9.17, 15) is 0 Å². The van der Waals surface area contributed by atoms with Gasteiger partial charge in [-0.25, -0.2) is 0 Å². The summed E-state index contributed by atoms with van der Waals surface area (Å²) in [7, 11) is 2.09. The molecule has 158 valence electrons. The van der Waals surface area contributed by atoms with Crippen molar-refractivity contribution in [1.82, 2.24) is 0 Å². The Morgan fingerprint density at radius 2 is 1.18 bits per heavy atom. The minimum atomic E-state index is 0. The number of benzene rings is 4. The summed E-state index contributed by atoms with van der Waals surface area (Å²) >= 11 is 11.9. The molecule has 0 aliphatic carbocycles. The molecule has 4 aromatic rings. The predicted molar refractivity (Wildman–Crippen MR) is 149 cm³/mol.